The van der Waals surface area contributed by atoms with Crippen LogP contribution in [0.5, 0.6) is 0 Å². The van der Waals surface area contributed by atoms with Gasteiger partial charge in [0.15, 0.2) is 6.61 Å². The minimum absolute atomic E-state index is 0.280. The lowest BCUT2D eigenvalue weighted by Crippen LogP contribution is -2.34. The Kier molecular flexibility index (Phi) is 7.98. The monoisotopic (exact) mass is 373 g/mol. The van der Waals surface area contributed by atoms with Crippen LogP contribution in [0.25, 0.3) is 10.9 Å². The number of carbonyl (C=O) groups excluding carboxylic acids is 2. The predicted octanol–water partition coefficient (Wildman–Crippen LogP) is 2.27. The van der Waals surface area contributed by atoms with Gasteiger partial charge in [-0.05, 0) is 24.5 Å². The molecule has 1 amide bonds. The zero-order valence-corrected chi connectivity index (χ0v) is 15.9. The van der Waals surface area contributed by atoms with Crippen LogP contribution in [0.2, 0.25) is 0 Å². The lowest BCUT2D eigenvalue weighted by molar-refractivity contribution is -0.149. The first-order valence-electron chi connectivity index (χ1n) is 9.41. The van der Waals surface area contributed by atoms with Gasteiger partial charge in [0, 0.05) is 6.54 Å². The van der Waals surface area contributed by atoms with Crippen LogP contribution in [0.3, 0.4) is 0 Å². The molecule has 1 aromatic heterocycles. The van der Waals surface area contributed by atoms with Crippen molar-refractivity contribution in [2.75, 3.05) is 13.2 Å². The van der Waals surface area contributed by atoms with E-state index in [1.807, 2.05) is 0 Å². The second-order valence-corrected chi connectivity index (χ2v) is 6.58. The van der Waals surface area contributed by atoms with Gasteiger partial charge in [-0.1, -0.05) is 45.2 Å². The predicted molar refractivity (Wildman–Crippen MR) is 103 cm³/mol. The fourth-order valence-corrected chi connectivity index (χ4v) is 2.80. The molecular weight excluding hydrogens is 346 g/mol. The summed E-state index contributed by atoms with van der Waals surface area (Å²) in [5, 5.41) is 3.23. The molecule has 0 aliphatic heterocycles. The van der Waals surface area contributed by atoms with Crippen LogP contribution >= 0.6 is 0 Å². The fourth-order valence-electron chi connectivity index (χ4n) is 2.80. The minimum Gasteiger partial charge on any atom is -0.454 e. The summed E-state index contributed by atoms with van der Waals surface area (Å²) in [5.74, 6) is -0.545. The summed E-state index contributed by atoms with van der Waals surface area (Å²) >= 11 is 0. The van der Waals surface area contributed by atoms with E-state index in [9.17, 15) is 14.4 Å². The van der Waals surface area contributed by atoms with Crippen molar-refractivity contribution in [3.8, 4) is 0 Å². The van der Waals surface area contributed by atoms with Crippen LogP contribution in [0.4, 0.5) is 0 Å². The minimum atomic E-state index is -0.651. The third-order valence-corrected chi connectivity index (χ3v) is 4.53. The number of nitrogens with one attached hydrogen (secondary N) is 1. The number of hydrogen-bond acceptors (Lipinski definition) is 5. The molecule has 1 aromatic carbocycles. The maximum atomic E-state index is 12.3. The molecule has 0 fully saturated rings. The van der Waals surface area contributed by atoms with Gasteiger partial charge in [-0.15, -0.1) is 0 Å². The molecule has 7 heteroatoms. The first-order chi connectivity index (χ1) is 13.0. The summed E-state index contributed by atoms with van der Waals surface area (Å²) in [6.07, 6.45) is 5.65. The molecule has 0 spiro atoms. The maximum Gasteiger partial charge on any atom is 0.326 e. The van der Waals surface area contributed by atoms with E-state index >= 15 is 0 Å². The second-order valence-electron chi connectivity index (χ2n) is 6.58. The molecule has 1 heterocycles. The number of hydrogen-bond donors (Lipinski definition) is 1. The lowest BCUT2D eigenvalue weighted by atomic mass is 9.99. The van der Waals surface area contributed by atoms with Crippen LogP contribution < -0.4 is 10.9 Å². The molecule has 146 valence electrons. The Labute approximate surface area is 158 Å². The molecule has 27 heavy (non-hydrogen) atoms. The molecule has 0 saturated heterocycles. The van der Waals surface area contributed by atoms with Crippen molar-refractivity contribution in [1.82, 2.24) is 14.9 Å². The number of unbranched alkanes of at least 4 members (excludes halogenated alkanes) is 1. The summed E-state index contributed by atoms with van der Waals surface area (Å²) in [7, 11) is 0. The van der Waals surface area contributed by atoms with Gasteiger partial charge in [0.25, 0.3) is 11.5 Å². The van der Waals surface area contributed by atoms with Gasteiger partial charge in [-0.3, -0.25) is 19.0 Å². The van der Waals surface area contributed by atoms with E-state index < -0.39 is 5.97 Å². The zero-order chi connectivity index (χ0) is 19.6. The van der Waals surface area contributed by atoms with Crippen LogP contribution in [-0.2, 0) is 20.9 Å². The Morgan fingerprint density at radius 3 is 2.78 bits per heavy atom. The smallest absolute Gasteiger partial charge is 0.326 e. The van der Waals surface area contributed by atoms with Crippen molar-refractivity contribution in [3.63, 3.8) is 0 Å². The zero-order valence-electron chi connectivity index (χ0n) is 15.9. The Balaban J connectivity index is 1.81. The molecule has 0 saturated carbocycles. The number of esters is 1. The molecule has 0 aliphatic rings. The standard InChI is InChI=1S/C20H27N3O4/c1-3-5-8-15(4-2)11-21-18(24)13-27-19(25)12-23-14-22-17-10-7-6-9-16(17)20(23)26/h6-7,9-10,14-15H,3-5,8,11-13H2,1-2H3,(H,21,24)/t15-/m0/s1. The van der Waals surface area contributed by atoms with E-state index in [0.717, 1.165) is 25.7 Å². The molecule has 0 unspecified atom stereocenters. The average Bonchev–Trinajstić information content (AvgIpc) is 2.69. The number of fused-ring (bicyclic) bond motifs is 1. The summed E-state index contributed by atoms with van der Waals surface area (Å²) in [5.41, 5.74) is 0.253. The molecule has 2 aromatic rings. The highest BCUT2D eigenvalue weighted by atomic mass is 16.5. The number of carbonyl (C=O) groups is 2. The number of ether oxygens (including phenoxy) is 1. The van der Waals surface area contributed by atoms with Gasteiger partial charge in [0.1, 0.15) is 6.54 Å². The van der Waals surface area contributed by atoms with Crippen LogP contribution in [-0.4, -0.2) is 34.6 Å². The van der Waals surface area contributed by atoms with Gasteiger partial charge in [-0.2, -0.15) is 0 Å². The van der Waals surface area contributed by atoms with Gasteiger partial charge in [-0.25, -0.2) is 4.98 Å². The molecule has 1 atom stereocenters. The largest absolute Gasteiger partial charge is 0.454 e. The number of aromatic nitrogens is 2. The van der Waals surface area contributed by atoms with Crippen molar-refractivity contribution in [3.05, 3.63) is 40.9 Å². The summed E-state index contributed by atoms with van der Waals surface area (Å²) in [6.45, 7) is 4.20. The molecule has 7 nitrogen and oxygen atoms in total. The molecule has 2 rings (SSSR count). The molecule has 0 aliphatic carbocycles. The highest BCUT2D eigenvalue weighted by Gasteiger charge is 2.12. The average molecular weight is 373 g/mol. The van der Waals surface area contributed by atoms with Crippen molar-refractivity contribution in [2.45, 2.75) is 46.1 Å². The number of amides is 1. The normalized spacial score (nSPS) is 11.9. The van der Waals surface area contributed by atoms with E-state index in [1.54, 1.807) is 24.3 Å². The van der Waals surface area contributed by atoms with Crippen molar-refractivity contribution in [1.29, 1.82) is 0 Å². The Morgan fingerprint density at radius 1 is 1.26 bits per heavy atom. The highest BCUT2D eigenvalue weighted by Crippen LogP contribution is 2.11. The van der Waals surface area contributed by atoms with E-state index in [0.29, 0.717) is 23.4 Å². The second kappa shape index (κ2) is 10.4. The van der Waals surface area contributed by atoms with Crippen molar-refractivity contribution in [2.24, 2.45) is 5.92 Å². The summed E-state index contributed by atoms with van der Waals surface area (Å²) < 4.78 is 6.16. The summed E-state index contributed by atoms with van der Waals surface area (Å²) in [4.78, 5) is 40.3. The third-order valence-electron chi connectivity index (χ3n) is 4.53. The molecular formula is C20H27N3O4. The van der Waals surface area contributed by atoms with Crippen LogP contribution in [0, 0.1) is 5.92 Å². The highest BCUT2D eigenvalue weighted by molar-refractivity contribution is 5.81. The van der Waals surface area contributed by atoms with Crippen LogP contribution in [0.15, 0.2) is 35.4 Å². The summed E-state index contributed by atoms with van der Waals surface area (Å²) in [6, 6.07) is 6.91. The SMILES string of the molecule is CCCC[C@H](CC)CNC(=O)COC(=O)Cn1cnc2ccccc2c1=O. The lowest BCUT2D eigenvalue weighted by Gasteiger charge is -2.15. The first kappa shape index (κ1) is 20.6. The Bertz CT molecular complexity index is 831. The molecule has 0 radical (unpaired) electrons. The fraction of sp³-hybridized carbons (Fsp3) is 0.500. The van der Waals surface area contributed by atoms with E-state index in [1.165, 1.54) is 10.9 Å². The van der Waals surface area contributed by atoms with Crippen molar-refractivity contribution >= 4 is 22.8 Å². The van der Waals surface area contributed by atoms with Crippen LogP contribution in [0.1, 0.15) is 39.5 Å². The van der Waals surface area contributed by atoms with Crippen molar-refractivity contribution < 1.29 is 14.3 Å². The van der Waals surface area contributed by atoms with E-state index in [-0.39, 0.29) is 24.6 Å². The van der Waals surface area contributed by atoms with Gasteiger partial charge in [0.05, 0.1) is 17.2 Å². The molecule has 1 N–H and O–H groups in total. The van der Waals surface area contributed by atoms with E-state index in [4.69, 9.17) is 4.74 Å². The van der Waals surface area contributed by atoms with Gasteiger partial charge < -0.3 is 10.1 Å². The number of para-hydroxylation sites is 1. The number of rotatable bonds is 10. The Hall–Kier alpha value is -2.70. The van der Waals surface area contributed by atoms with E-state index in [2.05, 4.69) is 24.1 Å². The maximum absolute atomic E-state index is 12.3. The quantitative estimate of drug-likeness (QED) is 0.645. The topological polar surface area (TPSA) is 90.3 Å². The Morgan fingerprint density at radius 2 is 2.04 bits per heavy atom. The first-order valence-corrected chi connectivity index (χ1v) is 9.41. The number of benzene rings is 1. The number of nitrogens with zero attached hydrogens (tertiary/aromatic N) is 2. The third kappa shape index (κ3) is 6.20. The van der Waals surface area contributed by atoms with Gasteiger partial charge in [0.2, 0.25) is 0 Å². The molecule has 0 bridgehead atoms. The van der Waals surface area contributed by atoms with Gasteiger partial charge >= 0.3 is 5.97 Å².